The molecule has 0 spiro atoms. The fourth-order valence-corrected chi connectivity index (χ4v) is 5.62. The summed E-state index contributed by atoms with van der Waals surface area (Å²) in [5, 5.41) is 0. The van der Waals surface area contributed by atoms with Crippen LogP contribution in [0.4, 0.5) is 5.69 Å². The first-order valence-corrected chi connectivity index (χ1v) is 12.7. The summed E-state index contributed by atoms with van der Waals surface area (Å²) in [5.74, 6) is 2.15. The summed E-state index contributed by atoms with van der Waals surface area (Å²) in [7, 11) is 4.92. The lowest BCUT2D eigenvalue weighted by Gasteiger charge is -2.47. The van der Waals surface area contributed by atoms with Crippen LogP contribution in [0.25, 0.3) is 0 Å². The number of methoxy groups -OCH3 is 3. The van der Waals surface area contributed by atoms with Crippen LogP contribution in [0.5, 0.6) is 11.5 Å². The Morgan fingerprint density at radius 3 is 2.49 bits per heavy atom. The van der Waals surface area contributed by atoms with E-state index in [4.69, 9.17) is 14.2 Å². The van der Waals surface area contributed by atoms with E-state index < -0.39 is 0 Å². The van der Waals surface area contributed by atoms with E-state index in [0.717, 1.165) is 70.2 Å². The van der Waals surface area contributed by atoms with Gasteiger partial charge in [-0.2, -0.15) is 0 Å². The molecule has 0 bridgehead atoms. The first kappa shape index (κ1) is 25.3. The zero-order valence-electron chi connectivity index (χ0n) is 21.3. The Kier molecular flexibility index (Phi) is 8.88. The van der Waals surface area contributed by atoms with Crippen LogP contribution in [-0.4, -0.2) is 82.4 Å². The van der Waals surface area contributed by atoms with Crippen LogP contribution in [0.2, 0.25) is 0 Å². The van der Waals surface area contributed by atoms with Crippen molar-refractivity contribution in [2.45, 2.75) is 31.8 Å². The average Bonchev–Trinajstić information content (AvgIpc) is 2.92. The number of ether oxygens (including phenoxy) is 3. The van der Waals surface area contributed by atoms with Gasteiger partial charge in [0.05, 0.1) is 27.0 Å². The fourth-order valence-electron chi connectivity index (χ4n) is 5.62. The third-order valence-electron chi connectivity index (χ3n) is 7.47. The topological polar surface area (TPSA) is 54.5 Å². The summed E-state index contributed by atoms with van der Waals surface area (Å²) in [6.07, 6.45) is 2.45. The van der Waals surface area contributed by atoms with Gasteiger partial charge < -0.3 is 19.1 Å². The Bertz CT molecular complexity index is 961. The molecule has 2 aliphatic rings. The quantitative estimate of drug-likeness (QED) is 0.507. The number of para-hydroxylation sites is 2. The van der Waals surface area contributed by atoms with E-state index >= 15 is 0 Å². The maximum absolute atomic E-state index is 12.0. The number of likely N-dealkylation sites (tertiary alicyclic amines) is 1. The van der Waals surface area contributed by atoms with Crippen LogP contribution in [0.3, 0.4) is 0 Å². The molecule has 35 heavy (non-hydrogen) atoms. The van der Waals surface area contributed by atoms with Crippen LogP contribution in [0.1, 0.15) is 24.8 Å². The molecule has 190 valence electrons. The first-order chi connectivity index (χ1) is 17.1. The Balaban J connectivity index is 1.40. The van der Waals surface area contributed by atoms with Crippen molar-refractivity contribution in [1.29, 1.82) is 0 Å². The molecule has 0 radical (unpaired) electrons. The molecule has 2 aromatic rings. The predicted molar refractivity (Wildman–Crippen MR) is 138 cm³/mol. The second-order valence-corrected chi connectivity index (χ2v) is 9.51. The molecule has 2 aromatic carbocycles. The van der Waals surface area contributed by atoms with Crippen molar-refractivity contribution in [3.05, 3.63) is 54.1 Å². The molecule has 2 aliphatic heterocycles. The van der Waals surface area contributed by atoms with Gasteiger partial charge in [0.25, 0.3) is 0 Å². The minimum atomic E-state index is -0.116. The van der Waals surface area contributed by atoms with Gasteiger partial charge in [-0.15, -0.1) is 0 Å². The molecule has 7 nitrogen and oxygen atoms in total. The number of piperidine rings is 1. The molecule has 0 aromatic heterocycles. The number of carbonyl (C=O) groups excluding carboxylic acids is 1. The number of rotatable bonds is 9. The second-order valence-electron chi connectivity index (χ2n) is 9.51. The highest BCUT2D eigenvalue weighted by atomic mass is 16.5. The minimum absolute atomic E-state index is 0.116. The van der Waals surface area contributed by atoms with Gasteiger partial charge in [-0.1, -0.05) is 24.3 Å². The Morgan fingerprint density at radius 2 is 1.74 bits per heavy atom. The fraction of sp³-hybridized carbons (Fsp3) is 0.536. The van der Waals surface area contributed by atoms with E-state index in [1.165, 1.54) is 18.4 Å². The smallest absolute Gasteiger partial charge is 0.305 e. The molecule has 0 unspecified atom stereocenters. The molecule has 0 N–H and O–H groups in total. The van der Waals surface area contributed by atoms with Gasteiger partial charge in [0.2, 0.25) is 0 Å². The average molecular weight is 482 g/mol. The largest absolute Gasteiger partial charge is 0.497 e. The normalized spacial score (nSPS) is 21.5. The predicted octanol–water partition coefficient (Wildman–Crippen LogP) is 3.67. The van der Waals surface area contributed by atoms with Crippen molar-refractivity contribution < 1.29 is 19.0 Å². The highest BCUT2D eigenvalue weighted by Gasteiger charge is 2.35. The third-order valence-corrected chi connectivity index (χ3v) is 7.47. The highest BCUT2D eigenvalue weighted by molar-refractivity contribution is 5.69. The zero-order chi connectivity index (χ0) is 24.6. The number of anilines is 1. The number of benzene rings is 2. The van der Waals surface area contributed by atoms with Crippen molar-refractivity contribution >= 4 is 11.7 Å². The molecule has 7 heteroatoms. The second kappa shape index (κ2) is 12.3. The minimum Gasteiger partial charge on any atom is -0.497 e. The Hall–Kier alpha value is -2.77. The Labute approximate surface area is 209 Å². The van der Waals surface area contributed by atoms with Crippen LogP contribution < -0.4 is 14.4 Å². The van der Waals surface area contributed by atoms with Crippen LogP contribution >= 0.6 is 0 Å². The summed E-state index contributed by atoms with van der Waals surface area (Å²) in [6.45, 7) is 6.96. The van der Waals surface area contributed by atoms with Crippen molar-refractivity contribution in [3.63, 3.8) is 0 Å². The standard InChI is InChI=1S/C28H39N3O4/c1-33-24-8-6-7-22(19-24)20-29-14-13-25(23(21-29)11-12-28(32)35-3)30-15-17-31(18-16-30)26-9-4-5-10-27(26)34-2/h4-10,19,23,25H,11-18,20-21H2,1-3H3/t23-,25+/m1/s1. The van der Waals surface area contributed by atoms with Crippen LogP contribution in [0, 0.1) is 5.92 Å². The lowest BCUT2D eigenvalue weighted by atomic mass is 9.86. The van der Waals surface area contributed by atoms with Crippen molar-refractivity contribution in [3.8, 4) is 11.5 Å². The molecule has 2 fully saturated rings. The summed E-state index contributed by atoms with van der Waals surface area (Å²) in [5.41, 5.74) is 2.44. The number of carbonyl (C=O) groups is 1. The number of hydrogen-bond donors (Lipinski definition) is 0. The lowest BCUT2D eigenvalue weighted by Crippen LogP contribution is -2.56. The highest BCUT2D eigenvalue weighted by Crippen LogP contribution is 2.32. The first-order valence-electron chi connectivity index (χ1n) is 12.7. The number of esters is 1. The number of piperazine rings is 1. The molecule has 2 atom stereocenters. The number of nitrogens with zero attached hydrogens (tertiary/aromatic N) is 3. The SMILES string of the molecule is COC(=O)CC[C@@H]1CN(Cc2cccc(OC)c2)CC[C@@H]1N1CCN(c2ccccc2OC)CC1. The summed E-state index contributed by atoms with van der Waals surface area (Å²) in [4.78, 5) is 19.6. The van der Waals surface area contributed by atoms with Gasteiger partial charge in [-0.3, -0.25) is 14.6 Å². The van der Waals surface area contributed by atoms with Gasteiger partial charge in [0, 0.05) is 51.7 Å². The van der Waals surface area contributed by atoms with Gasteiger partial charge in [0.1, 0.15) is 11.5 Å². The van der Waals surface area contributed by atoms with Gasteiger partial charge in [-0.05, 0) is 55.1 Å². The lowest BCUT2D eigenvalue weighted by molar-refractivity contribution is -0.141. The maximum Gasteiger partial charge on any atom is 0.305 e. The molecule has 4 rings (SSSR count). The van der Waals surface area contributed by atoms with E-state index in [0.29, 0.717) is 18.4 Å². The summed E-state index contributed by atoms with van der Waals surface area (Å²) < 4.78 is 15.9. The molecule has 2 heterocycles. The van der Waals surface area contributed by atoms with Gasteiger partial charge in [-0.25, -0.2) is 0 Å². The van der Waals surface area contributed by atoms with Crippen molar-refractivity contribution in [1.82, 2.24) is 9.80 Å². The van der Waals surface area contributed by atoms with Gasteiger partial charge >= 0.3 is 5.97 Å². The van der Waals surface area contributed by atoms with Crippen LogP contribution in [-0.2, 0) is 16.1 Å². The number of hydrogen-bond acceptors (Lipinski definition) is 7. The van der Waals surface area contributed by atoms with E-state index in [1.807, 2.05) is 18.2 Å². The maximum atomic E-state index is 12.0. The van der Waals surface area contributed by atoms with E-state index in [9.17, 15) is 4.79 Å². The molecular weight excluding hydrogens is 442 g/mol. The molecule has 0 amide bonds. The zero-order valence-corrected chi connectivity index (χ0v) is 21.3. The monoisotopic (exact) mass is 481 g/mol. The van der Waals surface area contributed by atoms with Crippen LogP contribution in [0.15, 0.2) is 48.5 Å². The van der Waals surface area contributed by atoms with Crippen molar-refractivity contribution in [2.24, 2.45) is 5.92 Å². The van der Waals surface area contributed by atoms with E-state index in [2.05, 4.69) is 45.0 Å². The molecule has 2 saturated heterocycles. The molecular formula is C28H39N3O4. The Morgan fingerprint density at radius 1 is 0.943 bits per heavy atom. The summed E-state index contributed by atoms with van der Waals surface area (Å²) in [6, 6.07) is 17.1. The van der Waals surface area contributed by atoms with Crippen molar-refractivity contribution in [2.75, 3.05) is 65.5 Å². The molecule has 0 saturated carbocycles. The van der Waals surface area contributed by atoms with Gasteiger partial charge in [0.15, 0.2) is 0 Å². The third kappa shape index (κ3) is 6.47. The van der Waals surface area contributed by atoms with E-state index in [1.54, 1.807) is 14.2 Å². The summed E-state index contributed by atoms with van der Waals surface area (Å²) >= 11 is 0. The molecule has 0 aliphatic carbocycles. The van der Waals surface area contributed by atoms with E-state index in [-0.39, 0.29) is 5.97 Å².